The normalized spacial score (nSPS) is 18.1. The molecule has 7 rings (SSSR count). The maximum absolute atomic E-state index is 13.6. The van der Waals surface area contributed by atoms with Crippen molar-refractivity contribution in [3.8, 4) is 33.8 Å². The molecule has 0 radical (unpaired) electrons. The number of hydrogen-bond acceptors (Lipinski definition) is 9. The fourth-order valence-corrected chi connectivity index (χ4v) is 7.89. The van der Waals surface area contributed by atoms with Crippen LogP contribution in [0.2, 0.25) is 0 Å². The molecule has 0 aliphatic carbocycles. The van der Waals surface area contributed by atoms with Crippen LogP contribution in [0.5, 0.6) is 0 Å². The second kappa shape index (κ2) is 17.1. The summed E-state index contributed by atoms with van der Waals surface area (Å²) in [6.07, 6.45) is 6.84. The number of benzene rings is 2. The number of fused-ring (bicyclic) bond motifs is 1. The van der Waals surface area contributed by atoms with Gasteiger partial charge in [-0.25, -0.2) is 19.6 Å². The summed E-state index contributed by atoms with van der Waals surface area (Å²) >= 11 is 0. The number of aromatic nitrogens is 4. The number of likely N-dealkylation sites (tertiary alicyclic amines) is 2. The number of alkyl carbamates (subject to hydrolysis) is 1. The molecule has 0 bridgehead atoms. The molecule has 2 fully saturated rings. The van der Waals surface area contributed by atoms with Gasteiger partial charge >= 0.3 is 12.2 Å². The second-order valence-electron chi connectivity index (χ2n) is 15.6. The summed E-state index contributed by atoms with van der Waals surface area (Å²) in [4.78, 5) is 74.5. The number of methoxy groups -OCH3 is 2. The Bertz CT molecular complexity index is 2310. The van der Waals surface area contributed by atoms with Crippen LogP contribution in [0.4, 0.5) is 9.59 Å². The number of amides is 4. The third-order valence-electron chi connectivity index (χ3n) is 11.1. The van der Waals surface area contributed by atoms with E-state index in [1.807, 2.05) is 75.1 Å². The van der Waals surface area contributed by atoms with Crippen molar-refractivity contribution in [1.82, 2.24) is 35.1 Å². The Kier molecular flexibility index (Phi) is 11.8. The van der Waals surface area contributed by atoms with Crippen LogP contribution >= 0.6 is 0 Å². The number of rotatable bonds is 11. The van der Waals surface area contributed by atoms with E-state index >= 15 is 0 Å². The highest BCUT2D eigenvalue weighted by atomic mass is 16.5. The monoisotopic (exact) mass is 790 g/mol. The molecule has 2 saturated heterocycles. The van der Waals surface area contributed by atoms with Gasteiger partial charge in [0, 0.05) is 35.8 Å². The first-order valence-electron chi connectivity index (χ1n) is 19.8. The molecule has 15 heteroatoms. The van der Waals surface area contributed by atoms with Gasteiger partial charge in [0.15, 0.2) is 0 Å². The largest absolute Gasteiger partial charge is 0.456 e. The number of H-pyrrole nitrogens is 2. The number of furan rings is 1. The maximum Gasteiger partial charge on any atom is 0.432 e. The molecule has 5 aromatic rings. The average molecular weight is 791 g/mol. The van der Waals surface area contributed by atoms with Crippen molar-refractivity contribution < 1.29 is 33.1 Å². The predicted molar refractivity (Wildman–Crippen MR) is 218 cm³/mol. The fraction of sp³-hybridized carbons (Fsp3) is 0.419. The molecule has 3 N–H and O–H groups in total. The van der Waals surface area contributed by atoms with E-state index in [-0.39, 0.29) is 35.7 Å². The van der Waals surface area contributed by atoms with E-state index in [2.05, 4.69) is 41.0 Å². The van der Waals surface area contributed by atoms with Gasteiger partial charge in [-0.3, -0.25) is 9.59 Å². The van der Waals surface area contributed by atoms with Crippen LogP contribution in [0.15, 0.2) is 70.3 Å². The Morgan fingerprint density at radius 1 is 0.793 bits per heavy atom. The van der Waals surface area contributed by atoms with Gasteiger partial charge in [-0.05, 0) is 67.3 Å². The Labute approximate surface area is 336 Å². The lowest BCUT2D eigenvalue weighted by Crippen LogP contribution is -2.51. The van der Waals surface area contributed by atoms with E-state index in [0.29, 0.717) is 18.9 Å². The summed E-state index contributed by atoms with van der Waals surface area (Å²) in [6, 6.07) is 14.9. The zero-order valence-electron chi connectivity index (χ0n) is 33.7. The average Bonchev–Trinajstić information content (AvgIpc) is 4.07. The fourth-order valence-electron chi connectivity index (χ4n) is 7.89. The Morgan fingerprint density at radius 3 is 1.97 bits per heavy atom. The number of aromatic amines is 2. The van der Waals surface area contributed by atoms with Crippen LogP contribution < -0.4 is 5.32 Å². The third kappa shape index (κ3) is 8.25. The number of carbonyl (C=O) groups is 4. The Morgan fingerprint density at radius 2 is 1.38 bits per heavy atom. The predicted octanol–water partition coefficient (Wildman–Crippen LogP) is 7.70. The van der Waals surface area contributed by atoms with Gasteiger partial charge in [0.25, 0.3) is 0 Å². The number of carbonyl (C=O) groups excluding carboxylic acids is 4. The molecule has 2 aliphatic heterocycles. The van der Waals surface area contributed by atoms with Gasteiger partial charge in [-0.2, -0.15) is 4.99 Å². The number of aliphatic imine (C=N–C) groups is 1. The van der Waals surface area contributed by atoms with E-state index in [4.69, 9.17) is 9.15 Å². The van der Waals surface area contributed by atoms with Crippen molar-refractivity contribution >= 4 is 41.2 Å². The van der Waals surface area contributed by atoms with E-state index in [9.17, 15) is 19.2 Å². The summed E-state index contributed by atoms with van der Waals surface area (Å²) < 4.78 is 15.7. The minimum absolute atomic E-state index is 0.0530. The van der Waals surface area contributed by atoms with Crippen LogP contribution in [-0.2, 0) is 19.1 Å². The standard InChI is InChI=1S/C43H50N8O7/c1-24(2)30(21-46-42(54)56-5)40(52)50-17-7-9-33(50)38-44-22-31(47-38)26-11-13-27(14-12-26)36-20-29-19-28(15-16-35(29)58-36)32-23-45-39(48-32)34-10-8-18-51(34)41(53)37(25(3)4)49-43(55)57-6/h11-16,19-25,30,33-34,37H,7-10,17-18H2,1-6H3,(H,44,47)(H,45,48)(H,49,55)/b46-21+/t30?,33-,34-,37-/m0/s1. The third-order valence-corrected chi connectivity index (χ3v) is 11.1. The summed E-state index contributed by atoms with van der Waals surface area (Å²) in [5, 5.41) is 3.63. The summed E-state index contributed by atoms with van der Waals surface area (Å²) in [6.45, 7) is 8.84. The highest BCUT2D eigenvalue weighted by Gasteiger charge is 2.38. The minimum Gasteiger partial charge on any atom is -0.456 e. The number of nitrogens with zero attached hydrogens (tertiary/aromatic N) is 5. The van der Waals surface area contributed by atoms with E-state index < -0.39 is 24.1 Å². The second-order valence-corrected chi connectivity index (χ2v) is 15.6. The first kappa shape index (κ1) is 40.0. The molecule has 0 saturated carbocycles. The molecule has 58 heavy (non-hydrogen) atoms. The topological polar surface area (TPSA) is 188 Å². The van der Waals surface area contributed by atoms with Crippen LogP contribution in [0.3, 0.4) is 0 Å². The lowest BCUT2D eigenvalue weighted by Gasteiger charge is -2.30. The Balaban J connectivity index is 1.03. The lowest BCUT2D eigenvalue weighted by atomic mass is 9.95. The summed E-state index contributed by atoms with van der Waals surface area (Å²) in [7, 11) is 2.54. The minimum atomic E-state index is -0.731. The molecule has 0 spiro atoms. The zero-order chi connectivity index (χ0) is 41.1. The molecule has 4 amide bonds. The summed E-state index contributed by atoms with van der Waals surface area (Å²) in [5.74, 6) is 1.19. The van der Waals surface area contributed by atoms with Crippen molar-refractivity contribution in [2.75, 3.05) is 27.3 Å². The van der Waals surface area contributed by atoms with Crippen molar-refractivity contribution in [2.24, 2.45) is 22.7 Å². The lowest BCUT2D eigenvalue weighted by molar-refractivity contribution is -0.136. The molecule has 2 aromatic carbocycles. The molecule has 2 aliphatic rings. The van der Waals surface area contributed by atoms with Crippen LogP contribution in [0.1, 0.15) is 77.1 Å². The molecular formula is C43H50N8O7. The maximum atomic E-state index is 13.6. The van der Waals surface area contributed by atoms with E-state index in [1.54, 1.807) is 17.3 Å². The van der Waals surface area contributed by atoms with Gasteiger partial charge in [0.2, 0.25) is 11.8 Å². The van der Waals surface area contributed by atoms with Gasteiger partial charge in [-0.15, -0.1) is 0 Å². The highest BCUT2D eigenvalue weighted by molar-refractivity contribution is 5.97. The molecule has 1 unspecified atom stereocenters. The smallest absolute Gasteiger partial charge is 0.432 e. The van der Waals surface area contributed by atoms with Crippen LogP contribution in [0, 0.1) is 17.8 Å². The first-order valence-corrected chi connectivity index (χ1v) is 19.8. The van der Waals surface area contributed by atoms with E-state index in [0.717, 1.165) is 76.3 Å². The van der Waals surface area contributed by atoms with Crippen molar-refractivity contribution in [1.29, 1.82) is 0 Å². The molecule has 304 valence electrons. The van der Waals surface area contributed by atoms with Crippen molar-refractivity contribution in [3.05, 3.63) is 72.6 Å². The number of imidazole rings is 2. The molecule has 15 nitrogen and oxygen atoms in total. The summed E-state index contributed by atoms with van der Waals surface area (Å²) in [5.41, 5.74) is 5.20. The van der Waals surface area contributed by atoms with Crippen molar-refractivity contribution in [3.63, 3.8) is 0 Å². The SMILES string of the molecule is COC(=O)/N=C/C(C(=O)N1CCC[C@H]1c1ncc(-c2ccc(-c3cc4cc(-c5cnc([C@@H]6CCCN6C(=O)[C@@H](NC(=O)OC)C(C)C)[nH]5)ccc4o3)cc2)[nH]1)C(C)C. The molecular weight excluding hydrogens is 741 g/mol. The number of ether oxygens (including phenoxy) is 2. The number of hydrogen-bond donors (Lipinski definition) is 3. The zero-order valence-corrected chi connectivity index (χ0v) is 33.7. The van der Waals surface area contributed by atoms with Gasteiger partial charge in [-0.1, -0.05) is 52.0 Å². The van der Waals surface area contributed by atoms with Crippen LogP contribution in [-0.4, -0.2) is 93.3 Å². The molecule has 4 atom stereocenters. The van der Waals surface area contributed by atoms with Gasteiger partial charge in [0.1, 0.15) is 29.0 Å². The molecule has 3 aromatic heterocycles. The Hall–Kier alpha value is -6.25. The molecule has 5 heterocycles. The van der Waals surface area contributed by atoms with Gasteiger partial charge < -0.3 is 39.0 Å². The van der Waals surface area contributed by atoms with E-state index in [1.165, 1.54) is 20.4 Å². The van der Waals surface area contributed by atoms with Crippen molar-refractivity contribution in [2.45, 2.75) is 71.5 Å². The highest BCUT2D eigenvalue weighted by Crippen LogP contribution is 2.36. The number of nitrogens with one attached hydrogen (secondary N) is 3. The van der Waals surface area contributed by atoms with Gasteiger partial charge in [0.05, 0.1) is 56.0 Å². The quantitative estimate of drug-likeness (QED) is 0.113. The first-order chi connectivity index (χ1) is 27.9. The van der Waals surface area contributed by atoms with Crippen LogP contribution in [0.25, 0.3) is 44.8 Å².